The molecule has 170 valence electrons. The van der Waals surface area contributed by atoms with Crippen molar-refractivity contribution in [2.24, 2.45) is 0 Å². The van der Waals surface area contributed by atoms with Crippen LogP contribution in [0.3, 0.4) is 0 Å². The Morgan fingerprint density at radius 2 is 1.70 bits per heavy atom. The highest BCUT2D eigenvalue weighted by atomic mass is 32.1. The van der Waals surface area contributed by atoms with Crippen molar-refractivity contribution in [3.63, 3.8) is 0 Å². The van der Waals surface area contributed by atoms with Crippen molar-refractivity contribution in [3.8, 4) is 0 Å². The first-order valence-corrected chi connectivity index (χ1v) is 12.3. The highest BCUT2D eigenvalue weighted by Crippen LogP contribution is 2.30. The molecule has 5 rings (SSSR count). The van der Waals surface area contributed by atoms with Crippen LogP contribution in [0.15, 0.2) is 41.8 Å². The molecule has 2 aliphatic rings. The Labute approximate surface area is 196 Å². The highest BCUT2D eigenvalue weighted by Gasteiger charge is 2.32. The van der Waals surface area contributed by atoms with Crippen LogP contribution in [0, 0.1) is 0 Å². The van der Waals surface area contributed by atoms with E-state index in [0.29, 0.717) is 28.1 Å². The molecule has 0 unspecified atom stereocenters. The summed E-state index contributed by atoms with van der Waals surface area (Å²) in [6.45, 7) is 3.23. The molecule has 1 saturated heterocycles. The van der Waals surface area contributed by atoms with E-state index in [9.17, 15) is 14.4 Å². The number of rotatable bonds is 7. The average Bonchev–Trinajstić information content (AvgIpc) is 3.26. The first-order valence-electron chi connectivity index (χ1n) is 11.4. The summed E-state index contributed by atoms with van der Waals surface area (Å²) in [5.41, 5.74) is 2.06. The van der Waals surface area contributed by atoms with Crippen LogP contribution in [-0.2, 0) is 11.3 Å². The summed E-state index contributed by atoms with van der Waals surface area (Å²) in [6.07, 6.45) is 4.37. The zero-order valence-corrected chi connectivity index (χ0v) is 19.2. The first-order chi connectivity index (χ1) is 16.1. The minimum atomic E-state index is -0.299. The van der Waals surface area contributed by atoms with Crippen molar-refractivity contribution < 1.29 is 14.4 Å². The van der Waals surface area contributed by atoms with E-state index in [-0.39, 0.29) is 30.7 Å². The SMILES string of the molecule is O=C(CCCN1C(=O)c2cccc3cccc(c23)C1=O)Nc1nc(CN2CCCCC2)cs1. The lowest BCUT2D eigenvalue weighted by molar-refractivity contribution is -0.116. The molecule has 2 aromatic carbocycles. The number of benzene rings is 2. The molecule has 8 heteroatoms. The number of nitrogens with one attached hydrogen (secondary N) is 1. The van der Waals surface area contributed by atoms with Crippen molar-refractivity contribution >= 4 is 45.0 Å². The predicted octanol–water partition coefficient (Wildman–Crippen LogP) is 4.30. The van der Waals surface area contributed by atoms with E-state index >= 15 is 0 Å². The van der Waals surface area contributed by atoms with E-state index < -0.39 is 0 Å². The van der Waals surface area contributed by atoms with Crippen molar-refractivity contribution in [2.75, 3.05) is 25.0 Å². The van der Waals surface area contributed by atoms with E-state index in [2.05, 4.69) is 15.2 Å². The number of nitrogens with zero attached hydrogens (tertiary/aromatic N) is 3. The maximum Gasteiger partial charge on any atom is 0.261 e. The molecule has 3 aromatic rings. The number of hydrogen-bond donors (Lipinski definition) is 1. The van der Waals surface area contributed by atoms with Crippen LogP contribution in [0.2, 0.25) is 0 Å². The number of aromatic nitrogens is 1. The van der Waals surface area contributed by atoms with E-state index in [1.807, 2.05) is 29.6 Å². The number of imide groups is 1. The maximum atomic E-state index is 12.9. The van der Waals surface area contributed by atoms with Gasteiger partial charge in [-0.2, -0.15) is 0 Å². The summed E-state index contributed by atoms with van der Waals surface area (Å²) in [4.78, 5) is 46.5. The van der Waals surface area contributed by atoms with Crippen LogP contribution in [0.1, 0.15) is 58.5 Å². The lowest BCUT2D eigenvalue weighted by Gasteiger charge is -2.27. The molecule has 1 fully saturated rings. The van der Waals surface area contributed by atoms with Crippen molar-refractivity contribution in [3.05, 3.63) is 58.6 Å². The number of thiazole rings is 1. The number of anilines is 1. The van der Waals surface area contributed by atoms with Crippen LogP contribution in [0.5, 0.6) is 0 Å². The third kappa shape index (κ3) is 4.54. The third-order valence-electron chi connectivity index (χ3n) is 6.27. The quantitative estimate of drug-likeness (QED) is 0.530. The summed E-state index contributed by atoms with van der Waals surface area (Å²) >= 11 is 1.43. The van der Waals surface area contributed by atoms with Gasteiger partial charge in [0.15, 0.2) is 5.13 Å². The highest BCUT2D eigenvalue weighted by molar-refractivity contribution is 7.13. The zero-order chi connectivity index (χ0) is 22.8. The van der Waals surface area contributed by atoms with E-state index in [0.717, 1.165) is 30.7 Å². The van der Waals surface area contributed by atoms with Gasteiger partial charge in [-0.05, 0) is 49.9 Å². The van der Waals surface area contributed by atoms with Gasteiger partial charge < -0.3 is 5.32 Å². The summed E-state index contributed by atoms with van der Waals surface area (Å²) < 4.78 is 0. The zero-order valence-electron chi connectivity index (χ0n) is 18.4. The second-order valence-corrected chi connectivity index (χ2v) is 9.46. The Morgan fingerprint density at radius 1 is 1.00 bits per heavy atom. The fourth-order valence-electron chi connectivity index (χ4n) is 4.65. The fourth-order valence-corrected chi connectivity index (χ4v) is 5.36. The molecule has 0 spiro atoms. The molecule has 2 aliphatic heterocycles. The maximum absolute atomic E-state index is 12.9. The number of hydrogen-bond acceptors (Lipinski definition) is 6. The lowest BCUT2D eigenvalue weighted by atomic mass is 9.94. The normalized spacial score (nSPS) is 16.4. The fraction of sp³-hybridized carbons (Fsp3) is 0.360. The molecule has 1 N–H and O–H groups in total. The van der Waals surface area contributed by atoms with E-state index in [4.69, 9.17) is 0 Å². The number of piperidine rings is 1. The molecule has 1 aromatic heterocycles. The Morgan fingerprint density at radius 3 is 2.39 bits per heavy atom. The molecular weight excluding hydrogens is 436 g/mol. The van der Waals surface area contributed by atoms with Gasteiger partial charge in [-0.3, -0.25) is 24.2 Å². The van der Waals surface area contributed by atoms with E-state index in [1.54, 1.807) is 12.1 Å². The van der Waals surface area contributed by atoms with Crippen LogP contribution < -0.4 is 5.32 Å². The van der Waals surface area contributed by atoms with Gasteiger partial charge in [0.25, 0.3) is 11.8 Å². The van der Waals surface area contributed by atoms with Crippen LogP contribution in [0.25, 0.3) is 10.8 Å². The van der Waals surface area contributed by atoms with Crippen LogP contribution in [-0.4, -0.2) is 52.1 Å². The molecule has 0 saturated carbocycles. The van der Waals surface area contributed by atoms with Gasteiger partial charge >= 0.3 is 0 Å². The lowest BCUT2D eigenvalue weighted by Crippen LogP contribution is -2.41. The third-order valence-corrected chi connectivity index (χ3v) is 7.08. The molecule has 3 heterocycles. The molecular formula is C25H26N4O3S. The summed E-state index contributed by atoms with van der Waals surface area (Å²) in [5, 5.41) is 7.04. The minimum Gasteiger partial charge on any atom is -0.302 e. The Bertz CT molecular complexity index is 1160. The van der Waals surface area contributed by atoms with Crippen molar-refractivity contribution in [1.82, 2.24) is 14.8 Å². The number of carbonyl (C=O) groups is 3. The van der Waals surface area contributed by atoms with Crippen molar-refractivity contribution in [1.29, 1.82) is 0 Å². The van der Waals surface area contributed by atoms with E-state index in [1.165, 1.54) is 35.5 Å². The van der Waals surface area contributed by atoms with Gasteiger partial charge in [0.2, 0.25) is 5.91 Å². The minimum absolute atomic E-state index is 0.159. The second kappa shape index (κ2) is 9.41. The summed E-state index contributed by atoms with van der Waals surface area (Å²) in [7, 11) is 0. The van der Waals surface area contributed by atoms with Crippen LogP contribution in [0.4, 0.5) is 5.13 Å². The molecule has 0 radical (unpaired) electrons. The Balaban J connectivity index is 1.15. The smallest absolute Gasteiger partial charge is 0.261 e. The number of likely N-dealkylation sites (tertiary alicyclic amines) is 1. The number of amides is 3. The Hall–Kier alpha value is -3.10. The molecule has 0 bridgehead atoms. The molecule has 0 aliphatic carbocycles. The molecule has 33 heavy (non-hydrogen) atoms. The summed E-state index contributed by atoms with van der Waals surface area (Å²) in [5.74, 6) is -0.757. The van der Waals surface area contributed by atoms with Gasteiger partial charge in [0.1, 0.15) is 0 Å². The van der Waals surface area contributed by atoms with Crippen molar-refractivity contribution in [2.45, 2.75) is 38.6 Å². The predicted molar refractivity (Wildman–Crippen MR) is 128 cm³/mol. The second-order valence-electron chi connectivity index (χ2n) is 8.60. The number of carbonyl (C=O) groups excluding carboxylic acids is 3. The Kier molecular flexibility index (Phi) is 6.20. The largest absolute Gasteiger partial charge is 0.302 e. The van der Waals surface area contributed by atoms with Gasteiger partial charge in [-0.25, -0.2) is 4.98 Å². The molecule has 7 nitrogen and oxygen atoms in total. The standard InChI is InChI=1S/C25H26N4O3S/c30-21(27-25-26-18(16-33-25)15-28-12-2-1-3-13-28)11-6-14-29-23(31)19-9-4-7-17-8-5-10-20(22(17)19)24(29)32/h4-5,7-10,16H,1-3,6,11-15H2,(H,26,27,30). The first kappa shape index (κ1) is 21.7. The van der Waals surface area contributed by atoms with Crippen LogP contribution >= 0.6 is 11.3 Å². The molecule has 3 amide bonds. The van der Waals surface area contributed by atoms with Gasteiger partial charge in [0, 0.05) is 41.4 Å². The van der Waals surface area contributed by atoms with Gasteiger partial charge in [-0.1, -0.05) is 30.7 Å². The monoisotopic (exact) mass is 462 g/mol. The molecule has 0 atom stereocenters. The van der Waals surface area contributed by atoms with Gasteiger partial charge in [-0.15, -0.1) is 11.3 Å². The average molecular weight is 463 g/mol. The summed E-state index contributed by atoms with van der Waals surface area (Å²) in [6, 6.07) is 11.0. The van der Waals surface area contributed by atoms with Gasteiger partial charge in [0.05, 0.1) is 5.69 Å². The topological polar surface area (TPSA) is 82.6 Å².